The molecular weight excluding hydrogens is 328 g/mol. The lowest BCUT2D eigenvalue weighted by molar-refractivity contribution is -0.145. The Kier molecular flexibility index (Phi) is 13.2. The van der Waals surface area contributed by atoms with Crippen molar-refractivity contribution in [1.29, 1.82) is 0 Å². The summed E-state index contributed by atoms with van der Waals surface area (Å²) in [6.07, 6.45) is 0.535. The van der Waals surface area contributed by atoms with Crippen LogP contribution in [-0.2, 0) is 14.3 Å². The Hall–Kier alpha value is -1.56. The summed E-state index contributed by atoms with van der Waals surface area (Å²) in [5, 5.41) is 60.7. The first-order chi connectivity index (χ1) is 11.2. The largest absolute Gasteiger partial charge is 0.481 e. The molecule has 0 fully saturated rings. The topological polar surface area (TPSA) is 185 Å². The highest BCUT2D eigenvalue weighted by atomic mass is 16.5. The monoisotopic (exact) mass is 354 g/mol. The van der Waals surface area contributed by atoms with Gasteiger partial charge in [-0.15, -0.1) is 0 Å². The molecule has 0 unspecified atom stereocenters. The van der Waals surface area contributed by atoms with Gasteiger partial charge in [0.2, 0.25) is 0 Å². The van der Waals surface area contributed by atoms with Crippen molar-refractivity contribution in [2.24, 2.45) is 10.8 Å². The van der Waals surface area contributed by atoms with Gasteiger partial charge in [0.25, 0.3) is 0 Å². The standard InChI is InChI=1S/C8H14O5.C6H12O5/c1-2-7(12)13-6-8(3-9,4-10)5-11;7-2-6(3-8,4-9)1-5(10)11/h2,9-11H,1,3-6H2;7-9H,1-4H2,(H,10,11). The van der Waals surface area contributed by atoms with Gasteiger partial charge in [0, 0.05) is 6.08 Å². The van der Waals surface area contributed by atoms with Gasteiger partial charge in [-0.2, -0.15) is 0 Å². The highest BCUT2D eigenvalue weighted by Crippen LogP contribution is 2.19. The molecule has 0 bridgehead atoms. The van der Waals surface area contributed by atoms with E-state index in [1.165, 1.54) is 0 Å². The molecule has 0 spiro atoms. The first kappa shape index (κ1) is 24.7. The van der Waals surface area contributed by atoms with Crippen LogP contribution in [0.4, 0.5) is 0 Å². The summed E-state index contributed by atoms with van der Waals surface area (Å²) >= 11 is 0. The Bertz CT molecular complexity index is 357. The number of carbonyl (C=O) groups excluding carboxylic acids is 1. The number of aliphatic hydroxyl groups is 6. The van der Waals surface area contributed by atoms with E-state index in [-0.39, 0.29) is 6.61 Å². The molecule has 7 N–H and O–H groups in total. The van der Waals surface area contributed by atoms with E-state index in [1.54, 1.807) is 0 Å². The number of carboxylic acids is 1. The van der Waals surface area contributed by atoms with E-state index < -0.39 is 68.8 Å². The van der Waals surface area contributed by atoms with E-state index in [9.17, 15) is 9.59 Å². The van der Waals surface area contributed by atoms with Crippen molar-refractivity contribution in [2.75, 3.05) is 46.2 Å². The molecule has 0 aliphatic carbocycles. The van der Waals surface area contributed by atoms with Crippen molar-refractivity contribution < 1.29 is 50.1 Å². The number of aliphatic carboxylic acids is 1. The van der Waals surface area contributed by atoms with E-state index in [0.717, 1.165) is 6.08 Å². The van der Waals surface area contributed by atoms with Gasteiger partial charge in [0.05, 0.1) is 56.9 Å². The molecule has 0 aromatic carbocycles. The van der Waals surface area contributed by atoms with Crippen LogP contribution in [0.2, 0.25) is 0 Å². The fourth-order valence-electron chi connectivity index (χ4n) is 1.21. The number of hydrogen-bond donors (Lipinski definition) is 7. The normalized spacial score (nSPS) is 11.2. The maximum atomic E-state index is 10.6. The number of carbonyl (C=O) groups is 2. The molecule has 24 heavy (non-hydrogen) atoms. The Morgan fingerprint density at radius 3 is 1.42 bits per heavy atom. The molecule has 0 aliphatic heterocycles. The van der Waals surface area contributed by atoms with Gasteiger partial charge >= 0.3 is 11.9 Å². The van der Waals surface area contributed by atoms with Gasteiger partial charge in [0.1, 0.15) is 6.61 Å². The van der Waals surface area contributed by atoms with Crippen LogP contribution in [0.5, 0.6) is 0 Å². The van der Waals surface area contributed by atoms with Crippen molar-refractivity contribution in [3.8, 4) is 0 Å². The summed E-state index contributed by atoms with van der Waals surface area (Å²) < 4.78 is 4.59. The molecule has 0 radical (unpaired) electrons. The van der Waals surface area contributed by atoms with Crippen LogP contribution in [0.25, 0.3) is 0 Å². The number of rotatable bonds is 11. The second-order valence-electron chi connectivity index (χ2n) is 5.33. The highest BCUT2D eigenvalue weighted by Gasteiger charge is 2.31. The SMILES string of the molecule is C=CC(=O)OCC(CO)(CO)CO.O=C(O)CC(CO)(CO)CO. The molecule has 0 heterocycles. The molecule has 0 amide bonds. The maximum Gasteiger partial charge on any atom is 0.330 e. The van der Waals surface area contributed by atoms with Crippen molar-refractivity contribution >= 4 is 11.9 Å². The minimum atomic E-state index is -1.29. The first-order valence-corrected chi connectivity index (χ1v) is 6.90. The molecular formula is C14H26O10. The summed E-state index contributed by atoms with van der Waals surface area (Å²) in [6.45, 7) is -0.0261. The van der Waals surface area contributed by atoms with Crippen LogP contribution in [0, 0.1) is 10.8 Å². The summed E-state index contributed by atoms with van der Waals surface area (Å²) in [4.78, 5) is 20.8. The second-order valence-corrected chi connectivity index (χ2v) is 5.33. The molecule has 10 nitrogen and oxygen atoms in total. The van der Waals surface area contributed by atoms with Gasteiger partial charge in [-0.25, -0.2) is 4.79 Å². The lowest BCUT2D eigenvalue weighted by Crippen LogP contribution is -2.39. The molecule has 0 aromatic heterocycles. The predicted octanol–water partition coefficient (Wildman–Crippen LogP) is -2.90. The fraction of sp³-hybridized carbons (Fsp3) is 0.714. The van der Waals surface area contributed by atoms with E-state index in [0.29, 0.717) is 0 Å². The van der Waals surface area contributed by atoms with E-state index in [4.69, 9.17) is 35.7 Å². The first-order valence-electron chi connectivity index (χ1n) is 6.90. The number of esters is 1. The lowest BCUT2D eigenvalue weighted by Gasteiger charge is -2.26. The van der Waals surface area contributed by atoms with Crippen molar-refractivity contribution in [3.63, 3.8) is 0 Å². The lowest BCUT2D eigenvalue weighted by atomic mass is 9.87. The smallest absolute Gasteiger partial charge is 0.330 e. The molecule has 0 saturated carbocycles. The Morgan fingerprint density at radius 2 is 1.21 bits per heavy atom. The van der Waals surface area contributed by atoms with Gasteiger partial charge in [-0.05, 0) is 0 Å². The van der Waals surface area contributed by atoms with E-state index in [2.05, 4.69) is 11.3 Å². The number of carboxylic acid groups (broad SMARTS) is 1. The van der Waals surface area contributed by atoms with Crippen LogP contribution in [0.1, 0.15) is 6.42 Å². The Balaban J connectivity index is 0. The molecule has 0 aliphatic rings. The van der Waals surface area contributed by atoms with Crippen molar-refractivity contribution in [3.05, 3.63) is 12.7 Å². The molecule has 0 atom stereocenters. The van der Waals surface area contributed by atoms with Crippen LogP contribution < -0.4 is 0 Å². The third kappa shape index (κ3) is 8.91. The Morgan fingerprint density at radius 1 is 0.833 bits per heavy atom. The number of aliphatic hydroxyl groups excluding tert-OH is 6. The third-order valence-electron chi connectivity index (χ3n) is 3.23. The minimum Gasteiger partial charge on any atom is -0.481 e. The molecule has 0 saturated heterocycles. The second kappa shape index (κ2) is 12.8. The quantitative estimate of drug-likeness (QED) is 0.150. The highest BCUT2D eigenvalue weighted by molar-refractivity contribution is 5.81. The zero-order valence-electron chi connectivity index (χ0n) is 13.3. The molecule has 0 rings (SSSR count). The summed E-state index contributed by atoms with van der Waals surface area (Å²) in [5.74, 6) is -1.80. The van der Waals surface area contributed by atoms with Crippen LogP contribution >= 0.6 is 0 Å². The van der Waals surface area contributed by atoms with Gasteiger partial charge in [-0.3, -0.25) is 4.79 Å². The maximum absolute atomic E-state index is 10.6. The third-order valence-corrected chi connectivity index (χ3v) is 3.23. The average molecular weight is 354 g/mol. The zero-order valence-corrected chi connectivity index (χ0v) is 13.3. The number of ether oxygens (including phenoxy) is 1. The van der Waals surface area contributed by atoms with Gasteiger partial charge in [0.15, 0.2) is 0 Å². The van der Waals surface area contributed by atoms with Crippen LogP contribution in [0.3, 0.4) is 0 Å². The van der Waals surface area contributed by atoms with E-state index in [1.807, 2.05) is 0 Å². The summed E-state index contributed by atoms with van der Waals surface area (Å²) in [5.41, 5.74) is -2.45. The van der Waals surface area contributed by atoms with E-state index >= 15 is 0 Å². The van der Waals surface area contributed by atoms with Crippen molar-refractivity contribution in [1.82, 2.24) is 0 Å². The van der Waals surface area contributed by atoms with Crippen LogP contribution in [-0.4, -0.2) is 93.9 Å². The van der Waals surface area contributed by atoms with Gasteiger partial charge < -0.3 is 40.5 Å². The Labute approximate surface area is 139 Å². The summed E-state index contributed by atoms with van der Waals surface area (Å²) in [7, 11) is 0. The molecule has 142 valence electrons. The fourth-order valence-corrected chi connectivity index (χ4v) is 1.21. The van der Waals surface area contributed by atoms with Crippen LogP contribution in [0.15, 0.2) is 12.7 Å². The van der Waals surface area contributed by atoms with Crippen molar-refractivity contribution in [2.45, 2.75) is 6.42 Å². The predicted molar refractivity (Wildman–Crippen MR) is 80.8 cm³/mol. The van der Waals surface area contributed by atoms with Gasteiger partial charge in [-0.1, -0.05) is 6.58 Å². The minimum absolute atomic E-state index is 0.235. The zero-order chi connectivity index (χ0) is 19.2. The molecule has 0 aromatic rings. The number of hydrogen-bond acceptors (Lipinski definition) is 9. The summed E-state index contributed by atoms with van der Waals surface area (Å²) in [6, 6.07) is 0. The average Bonchev–Trinajstić information content (AvgIpc) is 2.61. The molecule has 10 heteroatoms.